The van der Waals surface area contributed by atoms with Crippen LogP contribution in [0, 0.1) is 0 Å². The van der Waals surface area contributed by atoms with E-state index in [2.05, 4.69) is 0 Å². The number of aromatic hydroxyl groups is 2. The second kappa shape index (κ2) is 9.04. The molecule has 6 nitrogen and oxygen atoms in total. The van der Waals surface area contributed by atoms with Gasteiger partial charge in [-0.2, -0.15) is 0 Å². The largest absolute Gasteiger partial charge is 0.508 e. The van der Waals surface area contributed by atoms with Crippen LogP contribution in [0.2, 0.25) is 0 Å². The predicted octanol–water partition coefficient (Wildman–Crippen LogP) is 4.92. The van der Waals surface area contributed by atoms with Gasteiger partial charge in [0.25, 0.3) is 0 Å². The molecule has 0 aliphatic rings. The number of fused-ring (bicyclic) bond motifs is 1. The normalized spacial score (nSPS) is 13.5. The van der Waals surface area contributed by atoms with E-state index in [1.54, 1.807) is 51.3 Å². The Labute approximate surface area is 182 Å². The Morgan fingerprint density at radius 3 is 2.55 bits per heavy atom. The summed E-state index contributed by atoms with van der Waals surface area (Å²) in [6.45, 7) is 5.17. The summed E-state index contributed by atoms with van der Waals surface area (Å²) in [5.74, 6) is 1.29. The maximum absolute atomic E-state index is 10.2. The zero-order valence-electron chi connectivity index (χ0n) is 18.3. The van der Waals surface area contributed by atoms with Crippen molar-refractivity contribution in [1.82, 2.24) is 0 Å². The van der Waals surface area contributed by atoms with Gasteiger partial charge in [-0.1, -0.05) is 11.6 Å². The number of aliphatic hydroxyl groups is 2. The van der Waals surface area contributed by atoms with E-state index in [0.717, 1.165) is 16.5 Å². The Hall–Kier alpha value is -2.96. The van der Waals surface area contributed by atoms with E-state index < -0.39 is 11.7 Å². The zero-order chi connectivity index (χ0) is 22.8. The van der Waals surface area contributed by atoms with Gasteiger partial charge in [-0.25, -0.2) is 0 Å². The lowest BCUT2D eigenvalue weighted by Crippen LogP contribution is -2.35. The SMILES string of the molecule is COc1cc(O)cc(-c2cc3ccc(O)cc3o2)c1CC=C(C)CCC(O)C(C)(C)O. The van der Waals surface area contributed by atoms with Crippen molar-refractivity contribution in [3.8, 4) is 28.6 Å². The van der Waals surface area contributed by atoms with Crippen LogP contribution in [0.4, 0.5) is 0 Å². The fraction of sp³-hybridized carbons (Fsp3) is 0.360. The van der Waals surface area contributed by atoms with Gasteiger partial charge in [-0.05, 0) is 64.3 Å². The smallest absolute Gasteiger partial charge is 0.138 e. The molecular formula is C25H30O6. The molecule has 0 fully saturated rings. The Bertz CT molecular complexity index is 1090. The molecule has 0 saturated carbocycles. The highest BCUT2D eigenvalue weighted by Gasteiger charge is 2.23. The summed E-state index contributed by atoms with van der Waals surface area (Å²) in [4.78, 5) is 0. The number of phenols is 2. The summed E-state index contributed by atoms with van der Waals surface area (Å²) in [5.41, 5.74) is 2.04. The van der Waals surface area contributed by atoms with Crippen LogP contribution < -0.4 is 4.74 Å². The number of furan rings is 1. The lowest BCUT2D eigenvalue weighted by atomic mass is 9.94. The van der Waals surface area contributed by atoms with E-state index in [1.807, 2.05) is 19.1 Å². The lowest BCUT2D eigenvalue weighted by Gasteiger charge is -2.24. The third-order valence-electron chi connectivity index (χ3n) is 5.47. The number of aliphatic hydroxyl groups excluding tert-OH is 1. The van der Waals surface area contributed by atoms with Gasteiger partial charge in [-0.3, -0.25) is 0 Å². The van der Waals surface area contributed by atoms with E-state index in [9.17, 15) is 20.4 Å². The first-order valence-corrected chi connectivity index (χ1v) is 10.3. The summed E-state index contributed by atoms with van der Waals surface area (Å²) < 4.78 is 11.5. The lowest BCUT2D eigenvalue weighted by molar-refractivity contribution is -0.0509. The van der Waals surface area contributed by atoms with E-state index in [4.69, 9.17) is 9.15 Å². The van der Waals surface area contributed by atoms with Gasteiger partial charge < -0.3 is 29.6 Å². The van der Waals surface area contributed by atoms with Crippen molar-refractivity contribution in [2.75, 3.05) is 7.11 Å². The van der Waals surface area contributed by atoms with E-state index in [-0.39, 0.29) is 11.5 Å². The molecule has 1 unspecified atom stereocenters. The minimum absolute atomic E-state index is 0.0629. The monoisotopic (exact) mass is 426 g/mol. The van der Waals surface area contributed by atoms with Crippen molar-refractivity contribution in [2.45, 2.75) is 51.7 Å². The Balaban J connectivity index is 1.92. The topological polar surface area (TPSA) is 103 Å². The molecule has 3 aromatic rings. The van der Waals surface area contributed by atoms with Crippen LogP contribution in [0.5, 0.6) is 17.2 Å². The average Bonchev–Trinajstić information content (AvgIpc) is 3.12. The predicted molar refractivity (Wildman–Crippen MR) is 121 cm³/mol. The summed E-state index contributed by atoms with van der Waals surface area (Å²) in [7, 11) is 1.55. The second-order valence-electron chi connectivity index (χ2n) is 8.47. The van der Waals surface area contributed by atoms with Gasteiger partial charge in [0, 0.05) is 28.6 Å². The molecule has 1 heterocycles. The molecular weight excluding hydrogens is 396 g/mol. The molecule has 166 valence electrons. The van der Waals surface area contributed by atoms with E-state index >= 15 is 0 Å². The molecule has 0 radical (unpaired) electrons. The molecule has 6 heteroatoms. The second-order valence-corrected chi connectivity index (χ2v) is 8.47. The molecule has 1 atom stereocenters. The Morgan fingerprint density at radius 2 is 1.87 bits per heavy atom. The number of phenolic OH excluding ortho intramolecular Hbond substituents is 2. The number of methoxy groups -OCH3 is 1. The molecule has 0 saturated heterocycles. The van der Waals surface area contributed by atoms with Gasteiger partial charge >= 0.3 is 0 Å². The fourth-order valence-corrected chi connectivity index (χ4v) is 3.49. The molecule has 0 aliphatic carbocycles. The molecule has 1 aromatic heterocycles. The highest BCUT2D eigenvalue weighted by atomic mass is 16.5. The molecule has 0 aliphatic heterocycles. The van der Waals surface area contributed by atoms with Gasteiger partial charge in [-0.15, -0.1) is 0 Å². The van der Waals surface area contributed by atoms with Crippen LogP contribution in [-0.2, 0) is 6.42 Å². The van der Waals surface area contributed by atoms with Gasteiger partial charge in [0.05, 0.1) is 18.8 Å². The van der Waals surface area contributed by atoms with E-state index in [0.29, 0.717) is 41.9 Å². The number of hydrogen-bond acceptors (Lipinski definition) is 6. The maximum atomic E-state index is 10.2. The third kappa shape index (κ3) is 5.40. The molecule has 31 heavy (non-hydrogen) atoms. The maximum Gasteiger partial charge on any atom is 0.138 e. The number of hydrogen-bond donors (Lipinski definition) is 4. The Morgan fingerprint density at radius 1 is 1.13 bits per heavy atom. The van der Waals surface area contributed by atoms with Gasteiger partial charge in [0.15, 0.2) is 0 Å². The highest BCUT2D eigenvalue weighted by Crippen LogP contribution is 2.38. The van der Waals surface area contributed by atoms with Crippen molar-refractivity contribution >= 4 is 11.0 Å². The first-order valence-electron chi connectivity index (χ1n) is 10.3. The molecule has 0 bridgehead atoms. The highest BCUT2D eigenvalue weighted by molar-refractivity contribution is 5.85. The van der Waals surface area contributed by atoms with Crippen LogP contribution in [-0.4, -0.2) is 39.2 Å². The van der Waals surface area contributed by atoms with Crippen LogP contribution in [0.15, 0.2) is 52.5 Å². The minimum Gasteiger partial charge on any atom is -0.508 e. The molecule has 2 aromatic carbocycles. The number of rotatable bonds is 8. The van der Waals surface area contributed by atoms with Crippen molar-refractivity contribution < 1.29 is 29.6 Å². The summed E-state index contributed by atoms with van der Waals surface area (Å²) in [6.07, 6.45) is 2.88. The number of benzene rings is 2. The molecule has 0 amide bonds. The van der Waals surface area contributed by atoms with Crippen LogP contribution in [0.25, 0.3) is 22.3 Å². The van der Waals surface area contributed by atoms with E-state index in [1.165, 1.54) is 0 Å². The number of allylic oxidation sites excluding steroid dienone is 2. The van der Waals surface area contributed by atoms with Crippen molar-refractivity contribution in [2.24, 2.45) is 0 Å². The number of ether oxygens (including phenoxy) is 1. The average molecular weight is 427 g/mol. The van der Waals surface area contributed by atoms with Crippen molar-refractivity contribution in [3.05, 3.63) is 53.6 Å². The van der Waals surface area contributed by atoms with Gasteiger partial charge in [0.2, 0.25) is 0 Å². The van der Waals surface area contributed by atoms with Crippen molar-refractivity contribution in [3.63, 3.8) is 0 Å². The first-order chi connectivity index (χ1) is 14.6. The molecule has 3 rings (SSSR count). The minimum atomic E-state index is -1.14. The Kier molecular flexibility index (Phi) is 6.62. The summed E-state index contributed by atoms with van der Waals surface area (Å²) in [5, 5.41) is 40.7. The van der Waals surface area contributed by atoms with Crippen LogP contribution in [0.1, 0.15) is 39.2 Å². The zero-order valence-corrected chi connectivity index (χ0v) is 18.3. The standard InChI is InChI=1S/C25H30O6/c1-15(6-10-24(28)25(2,3)29)5-9-19-20(12-18(27)14-22(19)30-4)23-11-16-7-8-17(26)13-21(16)31-23/h5,7-8,11-14,24,26-29H,6,9-10H2,1-4H3. The van der Waals surface area contributed by atoms with Crippen LogP contribution >= 0.6 is 0 Å². The summed E-state index contributed by atoms with van der Waals surface area (Å²) in [6, 6.07) is 9.99. The van der Waals surface area contributed by atoms with Gasteiger partial charge in [0.1, 0.15) is 28.6 Å². The quantitative estimate of drug-likeness (QED) is 0.381. The molecule has 4 N–H and O–H groups in total. The first kappa shape index (κ1) is 22.7. The van der Waals surface area contributed by atoms with Crippen LogP contribution in [0.3, 0.4) is 0 Å². The fourth-order valence-electron chi connectivity index (χ4n) is 3.49. The molecule has 0 spiro atoms. The summed E-state index contributed by atoms with van der Waals surface area (Å²) >= 11 is 0. The third-order valence-corrected chi connectivity index (χ3v) is 5.47. The van der Waals surface area contributed by atoms with Crippen molar-refractivity contribution in [1.29, 1.82) is 0 Å².